The van der Waals surface area contributed by atoms with E-state index in [4.69, 9.17) is 0 Å². The third kappa shape index (κ3) is 3.32. The first kappa shape index (κ1) is 14.4. The molecule has 2 rings (SSSR count). The van der Waals surface area contributed by atoms with Gasteiger partial charge in [-0.15, -0.1) is 0 Å². The van der Waals surface area contributed by atoms with E-state index in [-0.39, 0.29) is 5.91 Å². The monoisotopic (exact) mass is 338 g/mol. The van der Waals surface area contributed by atoms with E-state index in [1.807, 2.05) is 6.92 Å². The van der Waals surface area contributed by atoms with E-state index in [9.17, 15) is 4.79 Å². The summed E-state index contributed by atoms with van der Waals surface area (Å²) in [6, 6.07) is 1.75. The van der Waals surface area contributed by atoms with Gasteiger partial charge in [0.15, 0.2) is 0 Å². The van der Waals surface area contributed by atoms with E-state index in [2.05, 4.69) is 41.4 Å². The highest BCUT2D eigenvalue weighted by molar-refractivity contribution is 9.10. The number of aromatic amines is 1. The van der Waals surface area contributed by atoms with Crippen LogP contribution in [0.5, 0.6) is 0 Å². The molecule has 0 fully saturated rings. The fourth-order valence-corrected chi connectivity index (χ4v) is 2.05. The second-order valence-corrected chi connectivity index (χ2v) is 5.09. The summed E-state index contributed by atoms with van der Waals surface area (Å²) in [6.07, 6.45) is 3.07. The number of carbonyl (C=O) groups is 1. The molecular formula is C12H15BrN6O. The van der Waals surface area contributed by atoms with Gasteiger partial charge in [-0.25, -0.2) is 9.97 Å². The van der Waals surface area contributed by atoms with Crippen molar-refractivity contribution in [3.63, 3.8) is 0 Å². The van der Waals surface area contributed by atoms with Crippen molar-refractivity contribution < 1.29 is 4.79 Å². The van der Waals surface area contributed by atoms with Crippen LogP contribution < -0.4 is 5.32 Å². The molecule has 0 spiro atoms. The van der Waals surface area contributed by atoms with Crippen LogP contribution in [-0.2, 0) is 6.54 Å². The largest absolute Gasteiger partial charge is 0.370 e. The molecule has 8 heteroatoms. The van der Waals surface area contributed by atoms with Crippen LogP contribution in [0.15, 0.2) is 23.1 Å². The maximum atomic E-state index is 12.5. The average Bonchev–Trinajstić information content (AvgIpc) is 2.93. The van der Waals surface area contributed by atoms with E-state index in [0.717, 1.165) is 4.47 Å². The van der Waals surface area contributed by atoms with Crippen molar-refractivity contribution in [2.45, 2.75) is 13.5 Å². The minimum atomic E-state index is -0.133. The van der Waals surface area contributed by atoms with Crippen LogP contribution >= 0.6 is 15.9 Å². The van der Waals surface area contributed by atoms with Crippen LogP contribution in [0.1, 0.15) is 23.1 Å². The average molecular weight is 339 g/mol. The molecule has 2 N–H and O–H groups in total. The summed E-state index contributed by atoms with van der Waals surface area (Å²) < 4.78 is 0.760. The lowest BCUT2D eigenvalue weighted by Gasteiger charge is -2.17. The number of amides is 1. The quantitative estimate of drug-likeness (QED) is 0.865. The van der Waals surface area contributed by atoms with Gasteiger partial charge in [0, 0.05) is 24.3 Å². The smallest absolute Gasteiger partial charge is 0.257 e. The van der Waals surface area contributed by atoms with Gasteiger partial charge in [-0.1, -0.05) is 0 Å². The summed E-state index contributed by atoms with van der Waals surface area (Å²) in [7, 11) is 1.71. The summed E-state index contributed by atoms with van der Waals surface area (Å²) in [6.45, 7) is 3.01. The highest BCUT2D eigenvalue weighted by atomic mass is 79.9. The Kier molecular flexibility index (Phi) is 4.67. The van der Waals surface area contributed by atoms with Gasteiger partial charge >= 0.3 is 0 Å². The normalized spacial score (nSPS) is 10.3. The van der Waals surface area contributed by atoms with Gasteiger partial charge in [0.05, 0.1) is 12.1 Å². The maximum absolute atomic E-state index is 12.5. The fraction of sp³-hybridized carbons (Fsp3) is 0.333. The summed E-state index contributed by atoms with van der Waals surface area (Å²) in [5, 5.41) is 9.57. The number of hydrogen-bond donors (Lipinski definition) is 2. The van der Waals surface area contributed by atoms with Crippen molar-refractivity contribution in [2.24, 2.45) is 0 Å². The van der Waals surface area contributed by atoms with Crippen molar-refractivity contribution in [3.05, 3.63) is 34.5 Å². The number of H-pyrrole nitrogens is 1. The number of pyridine rings is 1. The number of aromatic nitrogens is 4. The Balaban J connectivity index is 2.21. The third-order valence-electron chi connectivity index (χ3n) is 2.63. The minimum absolute atomic E-state index is 0.133. The molecule has 0 radical (unpaired) electrons. The topological polar surface area (TPSA) is 86.8 Å². The molecule has 0 aliphatic rings. The molecular weight excluding hydrogens is 324 g/mol. The van der Waals surface area contributed by atoms with Crippen molar-refractivity contribution in [2.75, 3.05) is 18.9 Å². The van der Waals surface area contributed by atoms with Crippen LogP contribution in [0.4, 0.5) is 5.82 Å². The second-order valence-electron chi connectivity index (χ2n) is 4.17. The molecule has 0 bridgehead atoms. The fourth-order valence-electron chi connectivity index (χ4n) is 1.72. The minimum Gasteiger partial charge on any atom is -0.370 e. The molecule has 0 aromatic carbocycles. The number of halogens is 1. The molecule has 1 amide bonds. The van der Waals surface area contributed by atoms with Gasteiger partial charge in [0.25, 0.3) is 5.91 Å². The molecule has 2 aromatic rings. The van der Waals surface area contributed by atoms with Gasteiger partial charge in [0.2, 0.25) is 0 Å². The SMILES string of the molecule is CCNc1ncc(Br)cc1C(=O)N(C)Cc1ncn[nH]1. The molecule has 7 nitrogen and oxygen atoms in total. The summed E-state index contributed by atoms with van der Waals surface area (Å²) in [5.41, 5.74) is 0.517. The van der Waals surface area contributed by atoms with Crippen molar-refractivity contribution in [1.82, 2.24) is 25.1 Å². The van der Waals surface area contributed by atoms with E-state index in [1.165, 1.54) is 6.33 Å². The Morgan fingerprint density at radius 1 is 1.50 bits per heavy atom. The van der Waals surface area contributed by atoms with Crippen LogP contribution in [0.2, 0.25) is 0 Å². The van der Waals surface area contributed by atoms with Crippen molar-refractivity contribution in [3.8, 4) is 0 Å². The molecule has 0 atom stereocenters. The van der Waals surface area contributed by atoms with Crippen molar-refractivity contribution in [1.29, 1.82) is 0 Å². The van der Waals surface area contributed by atoms with Gasteiger partial charge in [-0.3, -0.25) is 9.89 Å². The Morgan fingerprint density at radius 3 is 2.95 bits per heavy atom. The highest BCUT2D eigenvalue weighted by Gasteiger charge is 2.18. The zero-order valence-corrected chi connectivity index (χ0v) is 12.8. The lowest BCUT2D eigenvalue weighted by Crippen LogP contribution is -2.28. The Bertz CT molecular complexity index is 586. The maximum Gasteiger partial charge on any atom is 0.257 e. The zero-order chi connectivity index (χ0) is 14.5. The first-order chi connectivity index (χ1) is 9.61. The van der Waals surface area contributed by atoms with Gasteiger partial charge in [-0.05, 0) is 28.9 Å². The first-order valence-electron chi connectivity index (χ1n) is 6.11. The molecule has 2 aromatic heterocycles. The molecule has 0 aliphatic heterocycles. The standard InChI is InChI=1S/C12H15BrN6O/c1-3-14-11-9(4-8(13)5-15-11)12(20)19(2)6-10-16-7-17-18-10/h4-5,7H,3,6H2,1-2H3,(H,14,15)(H,16,17,18). The number of anilines is 1. The number of nitrogens with one attached hydrogen (secondary N) is 2. The van der Waals surface area contributed by atoms with Gasteiger partial charge in [-0.2, -0.15) is 5.10 Å². The van der Waals surface area contributed by atoms with E-state index in [1.54, 1.807) is 24.2 Å². The van der Waals surface area contributed by atoms with E-state index in [0.29, 0.717) is 30.3 Å². The van der Waals surface area contributed by atoms with Gasteiger partial charge < -0.3 is 10.2 Å². The van der Waals surface area contributed by atoms with Crippen LogP contribution in [0.3, 0.4) is 0 Å². The molecule has 0 unspecified atom stereocenters. The predicted molar refractivity (Wildman–Crippen MR) is 78.3 cm³/mol. The lowest BCUT2D eigenvalue weighted by molar-refractivity contribution is 0.0782. The van der Waals surface area contributed by atoms with E-state index >= 15 is 0 Å². The number of rotatable bonds is 5. The first-order valence-corrected chi connectivity index (χ1v) is 6.90. The third-order valence-corrected chi connectivity index (χ3v) is 3.06. The molecule has 0 saturated heterocycles. The van der Waals surface area contributed by atoms with Crippen LogP contribution in [0, 0.1) is 0 Å². The summed E-state index contributed by atoms with van der Waals surface area (Å²) in [5.74, 6) is 1.07. The lowest BCUT2D eigenvalue weighted by atomic mass is 10.2. The van der Waals surface area contributed by atoms with E-state index < -0.39 is 0 Å². The predicted octanol–water partition coefficient (Wildman–Crippen LogP) is 1.67. The van der Waals surface area contributed by atoms with Gasteiger partial charge in [0.1, 0.15) is 18.0 Å². The molecule has 106 valence electrons. The molecule has 20 heavy (non-hydrogen) atoms. The Labute approximate surface area is 124 Å². The molecule has 0 saturated carbocycles. The summed E-state index contributed by atoms with van der Waals surface area (Å²) >= 11 is 3.34. The van der Waals surface area contributed by atoms with Crippen LogP contribution in [-0.4, -0.2) is 44.6 Å². The number of nitrogens with zero attached hydrogens (tertiary/aromatic N) is 4. The Morgan fingerprint density at radius 2 is 2.30 bits per heavy atom. The second kappa shape index (κ2) is 6.47. The zero-order valence-electron chi connectivity index (χ0n) is 11.2. The summed E-state index contributed by atoms with van der Waals surface area (Å²) in [4.78, 5) is 22.3. The Hall–Kier alpha value is -1.96. The van der Waals surface area contributed by atoms with Crippen molar-refractivity contribution >= 4 is 27.7 Å². The van der Waals surface area contributed by atoms with Crippen LogP contribution in [0.25, 0.3) is 0 Å². The number of carbonyl (C=O) groups excluding carboxylic acids is 1. The highest BCUT2D eigenvalue weighted by Crippen LogP contribution is 2.19. The molecule has 2 heterocycles. The number of hydrogen-bond acceptors (Lipinski definition) is 5. The molecule has 0 aliphatic carbocycles.